The normalized spacial score (nSPS) is 15.6. The van der Waals surface area contributed by atoms with Gasteiger partial charge in [-0.05, 0) is 83.4 Å². The number of nitrogens with zero attached hydrogens (tertiary/aromatic N) is 3. The molecule has 18 heteroatoms. The number of imide groups is 1. The van der Waals surface area contributed by atoms with Gasteiger partial charge in [0.2, 0.25) is 23.3 Å². The number of non-ortho nitro benzene ring substituents is 1. The summed E-state index contributed by atoms with van der Waals surface area (Å²) in [6.07, 6.45) is 1.75. The van der Waals surface area contributed by atoms with E-state index in [9.17, 15) is 39.2 Å². The first-order chi connectivity index (χ1) is 26.6. The fraction of sp³-hybridized carbons (Fsp3) is 0.487. The number of nitro benzene ring substituents is 1. The molecule has 0 radical (unpaired) electrons. The molecular formula is C39H53N7O11. The number of methoxy groups -OCH3 is 2. The maximum atomic E-state index is 14.9. The van der Waals surface area contributed by atoms with E-state index in [1.54, 1.807) is 6.92 Å². The number of unbranched alkanes of at least 4 members (excludes halogenated alkanes) is 1. The van der Waals surface area contributed by atoms with E-state index >= 15 is 0 Å². The minimum absolute atomic E-state index is 0.110. The van der Waals surface area contributed by atoms with Crippen molar-refractivity contribution in [2.75, 3.05) is 14.2 Å². The number of H-pyrrole nitrogens is 1. The van der Waals surface area contributed by atoms with Gasteiger partial charge in [-0.15, -0.1) is 0 Å². The molecule has 3 aromatic rings. The average Bonchev–Trinajstić information content (AvgIpc) is 3.67. The van der Waals surface area contributed by atoms with Crippen molar-refractivity contribution >= 4 is 35.5 Å². The van der Waals surface area contributed by atoms with Gasteiger partial charge in [0.05, 0.1) is 42.7 Å². The first-order valence-electron chi connectivity index (χ1n) is 18.2. The summed E-state index contributed by atoms with van der Waals surface area (Å²) in [4.78, 5) is 90.2. The maximum Gasteiger partial charge on any atom is 0.418 e. The number of rotatable bonds is 17. The molecule has 6 N–H and O–H groups in total. The van der Waals surface area contributed by atoms with Crippen LogP contribution in [-0.4, -0.2) is 92.2 Å². The number of nitro groups is 1. The number of aromatic amines is 1. The molecule has 0 fully saturated rings. The molecule has 18 nitrogen and oxygen atoms in total. The van der Waals surface area contributed by atoms with Gasteiger partial charge < -0.3 is 40.7 Å². The quantitative estimate of drug-likeness (QED) is 0.0746. The zero-order valence-corrected chi connectivity index (χ0v) is 33.7. The summed E-state index contributed by atoms with van der Waals surface area (Å²) >= 11 is 0. The Morgan fingerprint density at radius 2 is 1.58 bits per heavy atom. The molecule has 310 valence electrons. The molecule has 0 aliphatic rings. The number of aromatic nitrogens is 2. The Morgan fingerprint density at radius 1 is 0.982 bits per heavy atom. The van der Waals surface area contributed by atoms with Crippen LogP contribution in [0.2, 0.25) is 0 Å². The van der Waals surface area contributed by atoms with Crippen LogP contribution >= 0.6 is 0 Å². The summed E-state index contributed by atoms with van der Waals surface area (Å²) in [5.41, 5.74) is -3.77. The van der Waals surface area contributed by atoms with Crippen LogP contribution in [0.4, 0.5) is 10.5 Å². The van der Waals surface area contributed by atoms with Gasteiger partial charge in [-0.2, -0.15) is 0 Å². The summed E-state index contributed by atoms with van der Waals surface area (Å²) in [5.74, 6) is -3.58. The van der Waals surface area contributed by atoms with Crippen molar-refractivity contribution in [2.45, 2.75) is 109 Å². The number of nitrogens with one attached hydrogen (secondary N) is 3. The van der Waals surface area contributed by atoms with Crippen LogP contribution < -0.4 is 21.1 Å². The van der Waals surface area contributed by atoms with Crippen molar-refractivity contribution in [2.24, 2.45) is 5.73 Å². The predicted molar refractivity (Wildman–Crippen MR) is 206 cm³/mol. The number of ether oxygens (including phenoxy) is 3. The maximum absolute atomic E-state index is 14.9. The summed E-state index contributed by atoms with van der Waals surface area (Å²) < 4.78 is 16.5. The third kappa shape index (κ3) is 9.75. The lowest BCUT2D eigenvalue weighted by Gasteiger charge is -2.56. The number of benzene rings is 2. The summed E-state index contributed by atoms with van der Waals surface area (Å²) in [7, 11) is 2.39. The standard InChI is InChI=1S/C39H53N7O11/c1-10-11-12-31(47)45(35(51)57-36(3,4)5)39(34(50)56-9,26-13-17-28(18-14-26)46(53)54)38(7,52)37(6,25-15-19-29(55-8)20-16-25)44-33(49)30(43-32(48)24(2)40)21-27-22-41-23-42-27/h13-20,22-24,30,52H,10-12,21,40H2,1-9H3,(H,41,42)(H,43,48)(H,44,49)/t24?,30-,37-,38?,39+/m0/s1. The van der Waals surface area contributed by atoms with Gasteiger partial charge in [0, 0.05) is 31.2 Å². The van der Waals surface area contributed by atoms with E-state index in [0.29, 0.717) is 22.8 Å². The smallest absolute Gasteiger partial charge is 0.418 e. The number of nitrogens with two attached hydrogens (primary N) is 1. The second kappa shape index (κ2) is 18.4. The number of carbonyl (C=O) groups is 5. The van der Waals surface area contributed by atoms with E-state index < -0.39 is 74.8 Å². The Hall–Kier alpha value is -5.88. The van der Waals surface area contributed by atoms with E-state index in [0.717, 1.165) is 38.3 Å². The number of carbonyl (C=O) groups excluding carboxylic acids is 5. The van der Waals surface area contributed by atoms with Crippen molar-refractivity contribution in [3.05, 3.63) is 88.0 Å². The molecule has 2 unspecified atom stereocenters. The molecule has 0 aliphatic carbocycles. The fourth-order valence-corrected chi connectivity index (χ4v) is 6.40. The largest absolute Gasteiger partial charge is 0.497 e. The number of imidazole rings is 1. The Balaban J connectivity index is 2.56. The van der Waals surface area contributed by atoms with Gasteiger partial charge >= 0.3 is 12.1 Å². The Labute approximate surface area is 331 Å². The van der Waals surface area contributed by atoms with Crippen molar-refractivity contribution in [1.29, 1.82) is 0 Å². The first kappa shape index (κ1) is 45.5. The van der Waals surface area contributed by atoms with Gasteiger partial charge in [0.1, 0.15) is 23.0 Å². The molecule has 4 amide bonds. The highest BCUT2D eigenvalue weighted by Crippen LogP contribution is 2.51. The molecule has 0 bridgehead atoms. The number of hydrogen-bond acceptors (Lipinski definition) is 13. The zero-order chi connectivity index (χ0) is 42.9. The summed E-state index contributed by atoms with van der Waals surface area (Å²) in [6.45, 7) is 10.3. The predicted octanol–water partition coefficient (Wildman–Crippen LogP) is 3.51. The lowest BCUT2D eigenvalue weighted by atomic mass is 9.62. The van der Waals surface area contributed by atoms with Crippen molar-refractivity contribution < 1.29 is 48.2 Å². The highest BCUT2D eigenvalue weighted by atomic mass is 16.6. The molecule has 1 aromatic heterocycles. The topological polar surface area (TPSA) is 258 Å². The van der Waals surface area contributed by atoms with E-state index in [-0.39, 0.29) is 30.4 Å². The van der Waals surface area contributed by atoms with Crippen molar-refractivity contribution in [3.8, 4) is 5.75 Å². The molecule has 2 aromatic carbocycles. The molecule has 3 rings (SSSR count). The number of esters is 1. The van der Waals surface area contributed by atoms with Crippen LogP contribution in [0.3, 0.4) is 0 Å². The highest BCUT2D eigenvalue weighted by molar-refractivity contribution is 6.01. The zero-order valence-electron chi connectivity index (χ0n) is 33.7. The van der Waals surface area contributed by atoms with E-state index in [2.05, 4.69) is 20.6 Å². The third-order valence-corrected chi connectivity index (χ3v) is 9.62. The molecule has 0 saturated heterocycles. The van der Waals surface area contributed by atoms with E-state index in [4.69, 9.17) is 19.9 Å². The van der Waals surface area contributed by atoms with Crippen LogP contribution in [0.25, 0.3) is 0 Å². The number of hydrogen-bond donors (Lipinski definition) is 5. The highest BCUT2D eigenvalue weighted by Gasteiger charge is 2.70. The second-order valence-corrected chi connectivity index (χ2v) is 14.8. The molecular weight excluding hydrogens is 742 g/mol. The third-order valence-electron chi connectivity index (χ3n) is 9.62. The Morgan fingerprint density at radius 3 is 2.05 bits per heavy atom. The number of amides is 4. The SMILES string of the molecule is CCCCC(=O)N(C(=O)OC(C)(C)C)[C@@](C(=O)OC)(c1ccc([N+](=O)[O-])cc1)C(C)(O)[C@@](C)(NC(=O)[C@H](Cc1c[nH]cn1)NC(=O)C(C)N)c1ccc(OC)cc1. The summed E-state index contributed by atoms with van der Waals surface area (Å²) in [6, 6.07) is 7.82. The Kier molecular flexibility index (Phi) is 14.7. The molecule has 1 heterocycles. The van der Waals surface area contributed by atoms with Crippen LogP contribution in [0.1, 0.15) is 84.5 Å². The molecule has 5 atom stereocenters. The molecule has 0 saturated carbocycles. The monoisotopic (exact) mass is 795 g/mol. The number of aliphatic hydroxyl groups is 1. The van der Waals surface area contributed by atoms with Gasteiger partial charge in [-0.3, -0.25) is 24.5 Å². The van der Waals surface area contributed by atoms with E-state index in [1.807, 2.05) is 0 Å². The average molecular weight is 796 g/mol. The van der Waals surface area contributed by atoms with Gasteiger partial charge in [0.25, 0.3) is 5.69 Å². The molecule has 0 spiro atoms. The Bertz CT molecular complexity index is 1890. The lowest BCUT2D eigenvalue weighted by molar-refractivity contribution is -0.384. The lowest BCUT2D eigenvalue weighted by Crippen LogP contribution is -2.77. The van der Waals surface area contributed by atoms with Gasteiger partial charge in [-0.25, -0.2) is 19.5 Å². The second-order valence-electron chi connectivity index (χ2n) is 14.8. The minimum atomic E-state index is -2.97. The minimum Gasteiger partial charge on any atom is -0.497 e. The van der Waals surface area contributed by atoms with E-state index in [1.165, 1.54) is 78.5 Å². The van der Waals surface area contributed by atoms with Crippen LogP contribution in [0.15, 0.2) is 61.1 Å². The molecule has 0 aliphatic heterocycles. The van der Waals surface area contributed by atoms with Crippen molar-refractivity contribution in [3.63, 3.8) is 0 Å². The van der Waals surface area contributed by atoms with Crippen LogP contribution in [-0.2, 0) is 46.2 Å². The van der Waals surface area contributed by atoms with Gasteiger partial charge in [0.15, 0.2) is 0 Å². The van der Waals surface area contributed by atoms with Crippen LogP contribution in [0.5, 0.6) is 5.75 Å². The first-order valence-corrected chi connectivity index (χ1v) is 18.2. The fourth-order valence-electron chi connectivity index (χ4n) is 6.40. The van der Waals surface area contributed by atoms with Gasteiger partial charge in [-0.1, -0.05) is 25.5 Å². The molecule has 57 heavy (non-hydrogen) atoms. The summed E-state index contributed by atoms with van der Waals surface area (Å²) in [5, 5.41) is 30.8. The van der Waals surface area contributed by atoms with Crippen LogP contribution in [0, 0.1) is 10.1 Å². The van der Waals surface area contributed by atoms with Crippen molar-refractivity contribution in [1.82, 2.24) is 25.5 Å².